The predicted molar refractivity (Wildman–Crippen MR) is 107 cm³/mol. The van der Waals surface area contributed by atoms with Crippen molar-refractivity contribution in [1.29, 1.82) is 0 Å². The third-order valence-electron chi connectivity index (χ3n) is 4.85. The number of nitrogens with zero attached hydrogens (tertiary/aromatic N) is 2. The normalized spacial score (nSPS) is 14.8. The first-order chi connectivity index (χ1) is 13.4. The van der Waals surface area contributed by atoms with Crippen LogP contribution in [0.5, 0.6) is 0 Å². The first-order valence-electron chi connectivity index (χ1n) is 9.37. The Morgan fingerprint density at radius 3 is 2.71 bits per heavy atom. The SMILES string of the molecule is CCc1cccc(C)c1NS(=O)(=O)c1cnccc1C(=O)OCN1CCCC1. The lowest BCUT2D eigenvalue weighted by atomic mass is 10.1. The lowest BCUT2D eigenvalue weighted by Gasteiger charge is -2.17. The molecule has 2 aromatic rings. The lowest BCUT2D eigenvalue weighted by molar-refractivity contribution is 0.0265. The highest BCUT2D eigenvalue weighted by atomic mass is 32.2. The number of aromatic nitrogens is 1. The van der Waals surface area contributed by atoms with E-state index in [0.29, 0.717) is 12.1 Å². The van der Waals surface area contributed by atoms with Crippen LogP contribution >= 0.6 is 0 Å². The van der Waals surface area contributed by atoms with Gasteiger partial charge in [0.2, 0.25) is 0 Å². The first-order valence-corrected chi connectivity index (χ1v) is 10.9. The van der Waals surface area contributed by atoms with Gasteiger partial charge < -0.3 is 4.74 Å². The van der Waals surface area contributed by atoms with E-state index in [0.717, 1.165) is 37.1 Å². The summed E-state index contributed by atoms with van der Waals surface area (Å²) in [6, 6.07) is 6.97. The molecule has 0 unspecified atom stereocenters. The molecule has 1 aliphatic rings. The number of carbonyl (C=O) groups excluding carboxylic acids is 1. The van der Waals surface area contributed by atoms with E-state index in [9.17, 15) is 13.2 Å². The van der Waals surface area contributed by atoms with Crippen LogP contribution in [0, 0.1) is 6.92 Å². The number of esters is 1. The molecule has 0 aliphatic carbocycles. The Kier molecular flexibility index (Phi) is 6.31. The maximum atomic E-state index is 13.0. The lowest BCUT2D eigenvalue weighted by Crippen LogP contribution is -2.26. The van der Waals surface area contributed by atoms with Crippen molar-refractivity contribution < 1.29 is 17.9 Å². The third-order valence-corrected chi connectivity index (χ3v) is 6.22. The number of hydrogen-bond donors (Lipinski definition) is 1. The molecular formula is C20H25N3O4S. The average molecular weight is 404 g/mol. The molecule has 1 aromatic heterocycles. The summed E-state index contributed by atoms with van der Waals surface area (Å²) in [5.41, 5.74) is 2.20. The van der Waals surface area contributed by atoms with Gasteiger partial charge >= 0.3 is 5.97 Å². The van der Waals surface area contributed by atoms with Gasteiger partial charge in [-0.1, -0.05) is 25.1 Å². The molecule has 0 radical (unpaired) electrons. The molecule has 1 N–H and O–H groups in total. The summed E-state index contributed by atoms with van der Waals surface area (Å²) in [4.78, 5) is 18.3. The number of likely N-dealkylation sites (tertiary alicyclic amines) is 1. The number of pyridine rings is 1. The Labute approximate surface area is 165 Å². The number of aryl methyl sites for hydroxylation is 2. The summed E-state index contributed by atoms with van der Waals surface area (Å²) < 4.78 is 34.0. The number of rotatable bonds is 7. The molecule has 1 fully saturated rings. The van der Waals surface area contributed by atoms with Gasteiger partial charge in [-0.25, -0.2) is 13.2 Å². The predicted octanol–water partition coefficient (Wildman–Crippen LogP) is 2.96. The van der Waals surface area contributed by atoms with Crippen LogP contribution in [0.3, 0.4) is 0 Å². The van der Waals surface area contributed by atoms with Crippen molar-refractivity contribution in [2.24, 2.45) is 0 Å². The second kappa shape index (κ2) is 8.70. The van der Waals surface area contributed by atoms with Crippen molar-refractivity contribution in [3.63, 3.8) is 0 Å². The van der Waals surface area contributed by atoms with Gasteiger partial charge in [0.25, 0.3) is 10.0 Å². The van der Waals surface area contributed by atoms with Crippen LogP contribution < -0.4 is 4.72 Å². The van der Waals surface area contributed by atoms with Gasteiger partial charge in [-0.05, 0) is 43.4 Å². The van der Waals surface area contributed by atoms with Gasteiger partial charge in [-0.2, -0.15) is 0 Å². The van der Waals surface area contributed by atoms with Crippen LogP contribution in [0.15, 0.2) is 41.6 Å². The van der Waals surface area contributed by atoms with Crippen molar-refractivity contribution in [2.75, 3.05) is 24.5 Å². The van der Waals surface area contributed by atoms with Gasteiger partial charge in [0, 0.05) is 25.5 Å². The molecule has 8 heteroatoms. The largest absolute Gasteiger partial charge is 0.446 e. The zero-order valence-electron chi connectivity index (χ0n) is 16.1. The molecule has 150 valence electrons. The van der Waals surface area contributed by atoms with Crippen molar-refractivity contribution in [3.05, 3.63) is 53.3 Å². The number of sulfonamides is 1. The standard InChI is InChI=1S/C20H25N3O4S/c1-3-16-8-6-7-15(2)19(16)22-28(25,26)18-13-21-10-9-17(18)20(24)27-14-23-11-4-5-12-23/h6-10,13,22H,3-5,11-12,14H2,1-2H3. The van der Waals surface area contributed by atoms with Crippen molar-refractivity contribution in [3.8, 4) is 0 Å². The molecule has 7 nitrogen and oxygen atoms in total. The van der Waals surface area contributed by atoms with Gasteiger partial charge in [0.05, 0.1) is 11.3 Å². The minimum atomic E-state index is -4.01. The molecule has 0 atom stereocenters. The number of ether oxygens (including phenoxy) is 1. The van der Waals surface area contributed by atoms with E-state index in [4.69, 9.17) is 4.74 Å². The van der Waals surface area contributed by atoms with Crippen LogP contribution in [0.25, 0.3) is 0 Å². The number of hydrogen-bond acceptors (Lipinski definition) is 6. The Morgan fingerprint density at radius 2 is 2.00 bits per heavy atom. The summed E-state index contributed by atoms with van der Waals surface area (Å²) in [6.45, 7) is 5.71. The summed E-state index contributed by atoms with van der Waals surface area (Å²) in [7, 11) is -4.01. The molecule has 0 spiro atoms. The van der Waals surface area contributed by atoms with Crippen molar-refractivity contribution in [2.45, 2.75) is 38.0 Å². The fourth-order valence-electron chi connectivity index (χ4n) is 3.26. The Bertz CT molecular complexity index is 954. The van der Waals surface area contributed by atoms with E-state index < -0.39 is 16.0 Å². The molecule has 0 saturated carbocycles. The van der Waals surface area contributed by atoms with Crippen LogP contribution in [0.4, 0.5) is 5.69 Å². The van der Waals surface area contributed by atoms with Crippen molar-refractivity contribution >= 4 is 21.7 Å². The molecule has 2 heterocycles. The molecule has 0 amide bonds. The van der Waals surface area contributed by atoms with Crippen LogP contribution in [-0.2, 0) is 21.2 Å². The van der Waals surface area contributed by atoms with E-state index >= 15 is 0 Å². The fraction of sp³-hybridized carbons (Fsp3) is 0.400. The zero-order chi connectivity index (χ0) is 20.1. The van der Waals surface area contributed by atoms with Crippen molar-refractivity contribution in [1.82, 2.24) is 9.88 Å². The van der Waals surface area contributed by atoms with E-state index in [2.05, 4.69) is 9.71 Å². The second-order valence-electron chi connectivity index (χ2n) is 6.83. The number of nitrogens with one attached hydrogen (secondary N) is 1. The minimum absolute atomic E-state index is 0.0201. The molecule has 1 aromatic carbocycles. The van der Waals surface area contributed by atoms with Gasteiger partial charge in [-0.3, -0.25) is 14.6 Å². The molecule has 28 heavy (non-hydrogen) atoms. The van der Waals surface area contributed by atoms with E-state index in [1.165, 1.54) is 18.5 Å². The number of benzene rings is 1. The van der Waals surface area contributed by atoms with Gasteiger partial charge in [0.1, 0.15) is 11.6 Å². The summed E-state index contributed by atoms with van der Waals surface area (Å²) >= 11 is 0. The highest BCUT2D eigenvalue weighted by molar-refractivity contribution is 7.92. The maximum Gasteiger partial charge on any atom is 0.340 e. The number of anilines is 1. The monoisotopic (exact) mass is 403 g/mol. The quantitative estimate of drug-likeness (QED) is 0.715. The molecule has 0 bridgehead atoms. The smallest absolute Gasteiger partial charge is 0.340 e. The third kappa shape index (κ3) is 4.51. The average Bonchev–Trinajstić information content (AvgIpc) is 3.21. The molecule has 3 rings (SSSR count). The fourth-order valence-corrected chi connectivity index (χ4v) is 4.57. The minimum Gasteiger partial charge on any atom is -0.446 e. The van der Waals surface area contributed by atoms with E-state index in [1.54, 1.807) is 0 Å². The highest BCUT2D eigenvalue weighted by Gasteiger charge is 2.25. The number of para-hydroxylation sites is 1. The molecular weight excluding hydrogens is 378 g/mol. The first kappa shape index (κ1) is 20.3. The zero-order valence-corrected chi connectivity index (χ0v) is 17.0. The second-order valence-corrected chi connectivity index (χ2v) is 8.48. The van der Waals surface area contributed by atoms with E-state index in [-0.39, 0.29) is 17.2 Å². The van der Waals surface area contributed by atoms with Crippen LogP contribution in [0.2, 0.25) is 0 Å². The Balaban J connectivity index is 1.85. The Morgan fingerprint density at radius 1 is 1.25 bits per heavy atom. The maximum absolute atomic E-state index is 13.0. The van der Waals surface area contributed by atoms with Gasteiger partial charge in [-0.15, -0.1) is 0 Å². The Hall–Kier alpha value is -2.45. The van der Waals surface area contributed by atoms with Crippen LogP contribution in [-0.4, -0.2) is 44.1 Å². The molecule has 1 saturated heterocycles. The highest BCUT2D eigenvalue weighted by Crippen LogP contribution is 2.26. The van der Waals surface area contributed by atoms with Gasteiger partial charge in [0.15, 0.2) is 0 Å². The summed E-state index contributed by atoms with van der Waals surface area (Å²) in [5, 5.41) is 0. The summed E-state index contributed by atoms with van der Waals surface area (Å²) in [6.07, 6.45) is 5.39. The summed E-state index contributed by atoms with van der Waals surface area (Å²) in [5.74, 6) is -0.671. The molecule has 1 aliphatic heterocycles. The number of carbonyl (C=O) groups is 1. The topological polar surface area (TPSA) is 88.6 Å². The van der Waals surface area contributed by atoms with E-state index in [1.807, 2.05) is 36.9 Å². The van der Waals surface area contributed by atoms with Crippen LogP contribution in [0.1, 0.15) is 41.3 Å².